The zero-order valence-electron chi connectivity index (χ0n) is 19.6. The summed E-state index contributed by atoms with van der Waals surface area (Å²) >= 11 is 0. The molecule has 186 valence electrons. The lowest BCUT2D eigenvalue weighted by molar-refractivity contribution is -0.299. The van der Waals surface area contributed by atoms with Crippen LogP contribution in [0.3, 0.4) is 0 Å². The summed E-state index contributed by atoms with van der Waals surface area (Å²) in [6.07, 6.45) is -1.58. The number of ether oxygens (including phenoxy) is 6. The summed E-state index contributed by atoms with van der Waals surface area (Å²) in [6, 6.07) is 17.0. The molecule has 3 rings (SSSR count). The van der Waals surface area contributed by atoms with Gasteiger partial charge in [-0.05, 0) is 24.3 Å². The number of carbonyl (C=O) groups excluding carboxylic acids is 2. The van der Waals surface area contributed by atoms with Crippen LogP contribution in [0, 0.1) is 0 Å². The Morgan fingerprint density at radius 2 is 1.37 bits per heavy atom. The summed E-state index contributed by atoms with van der Waals surface area (Å²) in [5, 5.41) is 0. The van der Waals surface area contributed by atoms with Crippen LogP contribution in [-0.4, -0.2) is 69.6 Å². The van der Waals surface area contributed by atoms with Crippen LogP contribution < -0.4 is 0 Å². The van der Waals surface area contributed by atoms with Crippen LogP contribution in [0.5, 0.6) is 0 Å². The first kappa shape index (κ1) is 26.3. The molecule has 0 saturated carbocycles. The number of esters is 2. The van der Waals surface area contributed by atoms with Crippen LogP contribution in [0.25, 0.3) is 0 Å². The van der Waals surface area contributed by atoms with Gasteiger partial charge in [0, 0.05) is 7.11 Å². The lowest BCUT2D eigenvalue weighted by Gasteiger charge is -2.44. The first-order valence-corrected chi connectivity index (χ1v) is 11.2. The van der Waals surface area contributed by atoms with E-state index in [2.05, 4.69) is 13.2 Å². The van der Waals surface area contributed by atoms with Gasteiger partial charge in [0.2, 0.25) is 0 Å². The Bertz CT molecular complexity index is 962. The molecule has 0 aliphatic carbocycles. The third-order valence-corrected chi connectivity index (χ3v) is 5.25. The van der Waals surface area contributed by atoms with Crippen molar-refractivity contribution in [3.63, 3.8) is 0 Å². The molecule has 0 spiro atoms. The van der Waals surface area contributed by atoms with Crippen LogP contribution in [0.1, 0.15) is 20.7 Å². The number of hydrogen-bond donors (Lipinski definition) is 0. The molecule has 0 aromatic heterocycles. The molecule has 0 amide bonds. The smallest absolute Gasteiger partial charge is 0.338 e. The quantitative estimate of drug-likeness (QED) is 0.258. The third-order valence-electron chi connectivity index (χ3n) is 5.25. The number of methoxy groups -OCH3 is 1. The molecule has 5 unspecified atom stereocenters. The van der Waals surface area contributed by atoms with Crippen LogP contribution in [0.15, 0.2) is 86.0 Å². The fourth-order valence-electron chi connectivity index (χ4n) is 3.64. The molecule has 35 heavy (non-hydrogen) atoms. The maximum Gasteiger partial charge on any atom is 0.338 e. The van der Waals surface area contributed by atoms with Gasteiger partial charge in [-0.2, -0.15) is 0 Å². The van der Waals surface area contributed by atoms with Gasteiger partial charge < -0.3 is 28.4 Å². The molecule has 1 heterocycles. The Morgan fingerprint density at radius 3 is 1.89 bits per heavy atom. The number of carbonyl (C=O) groups is 2. The molecule has 1 aliphatic heterocycles. The van der Waals surface area contributed by atoms with E-state index in [4.69, 9.17) is 28.4 Å². The summed E-state index contributed by atoms with van der Waals surface area (Å²) in [5.41, 5.74) is 0.700. The Morgan fingerprint density at radius 1 is 0.829 bits per heavy atom. The van der Waals surface area contributed by atoms with Crippen molar-refractivity contribution in [1.29, 1.82) is 0 Å². The van der Waals surface area contributed by atoms with E-state index >= 15 is 0 Å². The summed E-state index contributed by atoms with van der Waals surface area (Å²) in [6.45, 7) is 7.77. The van der Waals surface area contributed by atoms with E-state index in [0.29, 0.717) is 11.1 Å². The van der Waals surface area contributed by atoms with Crippen molar-refractivity contribution in [1.82, 2.24) is 0 Å². The minimum absolute atomic E-state index is 0.0614. The van der Waals surface area contributed by atoms with E-state index in [-0.39, 0.29) is 19.8 Å². The maximum atomic E-state index is 13.0. The molecule has 0 radical (unpaired) electrons. The predicted molar refractivity (Wildman–Crippen MR) is 128 cm³/mol. The normalized spacial score (nSPS) is 23.7. The van der Waals surface area contributed by atoms with Crippen LogP contribution >= 0.6 is 0 Å². The molecule has 0 N–H and O–H groups in total. The molecule has 1 aliphatic rings. The topological polar surface area (TPSA) is 89.5 Å². The van der Waals surface area contributed by atoms with Gasteiger partial charge in [0.1, 0.15) is 12.2 Å². The molecule has 8 nitrogen and oxygen atoms in total. The molecule has 2 aromatic carbocycles. The molecule has 1 saturated heterocycles. The Kier molecular flexibility index (Phi) is 10.2. The minimum atomic E-state index is -1.04. The fraction of sp³-hybridized carbons (Fsp3) is 0.333. The fourth-order valence-corrected chi connectivity index (χ4v) is 3.64. The Labute approximate surface area is 205 Å². The highest BCUT2D eigenvalue weighted by molar-refractivity contribution is 5.90. The summed E-state index contributed by atoms with van der Waals surface area (Å²) in [7, 11) is 1.43. The Hall–Kier alpha value is -3.30. The van der Waals surface area contributed by atoms with Gasteiger partial charge in [0.25, 0.3) is 0 Å². The van der Waals surface area contributed by atoms with Crippen LogP contribution in [-0.2, 0) is 28.4 Å². The highest BCUT2D eigenvalue weighted by Gasteiger charge is 2.51. The van der Waals surface area contributed by atoms with Gasteiger partial charge in [0.05, 0.1) is 30.9 Å². The van der Waals surface area contributed by atoms with Gasteiger partial charge in [0.15, 0.2) is 18.5 Å². The lowest BCUT2D eigenvalue weighted by atomic mass is 9.98. The summed E-state index contributed by atoms with van der Waals surface area (Å²) in [4.78, 5) is 25.8. The Balaban J connectivity index is 1.91. The zero-order chi connectivity index (χ0) is 25.0. The van der Waals surface area contributed by atoms with Crippen LogP contribution in [0.4, 0.5) is 0 Å². The van der Waals surface area contributed by atoms with E-state index in [1.165, 1.54) is 7.11 Å². The first-order chi connectivity index (χ1) is 17.1. The van der Waals surface area contributed by atoms with Crippen molar-refractivity contribution in [3.8, 4) is 0 Å². The molecule has 8 heteroatoms. The van der Waals surface area contributed by atoms with E-state index in [1.54, 1.807) is 72.8 Å². The molecule has 5 atom stereocenters. The molecule has 2 aromatic rings. The van der Waals surface area contributed by atoms with Crippen molar-refractivity contribution in [3.05, 3.63) is 97.1 Å². The number of rotatable bonds is 12. The van der Waals surface area contributed by atoms with E-state index < -0.39 is 42.6 Å². The first-order valence-electron chi connectivity index (χ1n) is 11.2. The van der Waals surface area contributed by atoms with Crippen LogP contribution in [0.2, 0.25) is 0 Å². The van der Waals surface area contributed by atoms with Crippen molar-refractivity contribution in [2.75, 3.05) is 26.9 Å². The lowest BCUT2D eigenvalue weighted by Crippen LogP contribution is -2.62. The van der Waals surface area contributed by atoms with Gasteiger partial charge in [-0.3, -0.25) is 0 Å². The monoisotopic (exact) mass is 482 g/mol. The number of hydrogen-bond acceptors (Lipinski definition) is 8. The second-order valence-corrected chi connectivity index (χ2v) is 7.66. The second-order valence-electron chi connectivity index (χ2n) is 7.66. The average molecular weight is 483 g/mol. The third kappa shape index (κ3) is 7.10. The van der Waals surface area contributed by atoms with E-state index in [0.717, 1.165) is 0 Å². The zero-order valence-corrected chi connectivity index (χ0v) is 19.6. The number of benzene rings is 2. The van der Waals surface area contributed by atoms with E-state index in [1.807, 2.05) is 0 Å². The highest BCUT2D eigenvalue weighted by Crippen LogP contribution is 2.30. The van der Waals surface area contributed by atoms with Crippen molar-refractivity contribution in [2.45, 2.75) is 30.7 Å². The standard InChI is InChI=1S/C27H30O8/c1-4-16-31-18-21-22(34-25(28)19-12-8-6-9-13-19)23(32-17-5-2)24(27(30-3)33-21)35-26(29)20-14-10-7-11-15-20/h4-15,21-24,27H,1-2,16-18H2,3H3. The maximum absolute atomic E-state index is 13.0. The summed E-state index contributed by atoms with van der Waals surface area (Å²) < 4.78 is 34.8. The second kappa shape index (κ2) is 13.6. The van der Waals surface area contributed by atoms with Gasteiger partial charge in [-0.1, -0.05) is 48.6 Å². The predicted octanol–water partition coefficient (Wildman–Crippen LogP) is 3.58. The molecule has 1 fully saturated rings. The van der Waals surface area contributed by atoms with Gasteiger partial charge in [-0.15, -0.1) is 13.2 Å². The molecule has 0 bridgehead atoms. The average Bonchev–Trinajstić information content (AvgIpc) is 2.90. The van der Waals surface area contributed by atoms with Gasteiger partial charge in [-0.25, -0.2) is 9.59 Å². The van der Waals surface area contributed by atoms with Crippen molar-refractivity contribution >= 4 is 11.9 Å². The van der Waals surface area contributed by atoms with E-state index in [9.17, 15) is 9.59 Å². The summed E-state index contributed by atoms with van der Waals surface area (Å²) in [5.74, 6) is -1.17. The minimum Gasteiger partial charge on any atom is -0.453 e. The van der Waals surface area contributed by atoms with Crippen molar-refractivity contribution in [2.24, 2.45) is 0 Å². The molecular weight excluding hydrogens is 452 g/mol. The highest BCUT2D eigenvalue weighted by atomic mass is 16.7. The largest absolute Gasteiger partial charge is 0.453 e. The SMILES string of the molecule is C=CCOCC1OC(OC)C(OC(=O)c2ccccc2)C(OCC=C)C1OC(=O)c1ccccc1. The molecular formula is C27H30O8. The van der Waals surface area contributed by atoms with Gasteiger partial charge >= 0.3 is 11.9 Å². The van der Waals surface area contributed by atoms with Crippen molar-refractivity contribution < 1.29 is 38.0 Å².